The van der Waals surface area contributed by atoms with Gasteiger partial charge in [0, 0.05) is 11.7 Å². The van der Waals surface area contributed by atoms with Crippen LogP contribution >= 0.6 is 23.4 Å². The average Bonchev–Trinajstić information content (AvgIpc) is 2.40. The molecule has 21 heavy (non-hydrogen) atoms. The maximum atomic E-state index is 13.5. The fourth-order valence-corrected chi connectivity index (χ4v) is 2.19. The summed E-state index contributed by atoms with van der Waals surface area (Å²) in [6.45, 7) is 1.90. The molecule has 0 aliphatic heterocycles. The number of carboxylic acid groups (broad SMARTS) is 1. The van der Waals surface area contributed by atoms with E-state index in [-0.39, 0.29) is 29.0 Å². The van der Waals surface area contributed by atoms with E-state index < -0.39 is 17.8 Å². The van der Waals surface area contributed by atoms with E-state index in [1.807, 2.05) is 13.2 Å². The molecule has 1 aromatic rings. The Hall–Kier alpha value is -1.27. The lowest BCUT2D eigenvalue weighted by Crippen LogP contribution is -2.31. The molecular formula is C14H17ClFNO3S. The number of hydrogen-bond acceptors (Lipinski definition) is 3. The van der Waals surface area contributed by atoms with E-state index in [1.165, 1.54) is 23.9 Å². The predicted molar refractivity (Wildman–Crippen MR) is 82.1 cm³/mol. The lowest BCUT2D eigenvalue weighted by atomic mass is 10.0. The molecular weight excluding hydrogens is 317 g/mol. The number of carboxylic acids is 1. The highest BCUT2D eigenvalue weighted by atomic mass is 35.5. The molecule has 0 heterocycles. The van der Waals surface area contributed by atoms with Gasteiger partial charge in [-0.2, -0.15) is 11.8 Å². The molecule has 0 bridgehead atoms. The molecule has 0 saturated heterocycles. The number of hydrogen-bond donors (Lipinski definition) is 2. The second-order valence-corrected chi connectivity index (χ2v) is 6.33. The summed E-state index contributed by atoms with van der Waals surface area (Å²) in [5, 5.41) is 11.6. The van der Waals surface area contributed by atoms with Gasteiger partial charge in [0.25, 0.3) is 0 Å². The maximum Gasteiger partial charge on any atom is 0.305 e. The van der Waals surface area contributed by atoms with Gasteiger partial charge in [0.05, 0.1) is 17.5 Å². The predicted octanol–water partition coefficient (Wildman–Crippen LogP) is 3.25. The van der Waals surface area contributed by atoms with Gasteiger partial charge in [0.15, 0.2) is 0 Å². The number of carbonyl (C=O) groups excluding carboxylic acids is 1. The van der Waals surface area contributed by atoms with Crippen LogP contribution in [0.15, 0.2) is 18.2 Å². The fraction of sp³-hybridized carbons (Fsp3) is 0.429. The molecule has 1 rings (SSSR count). The number of amides is 1. The SMILES string of the molecule is CSC(C)CC(=O)NC(CC(=O)O)c1ccc(Cl)c(F)c1. The minimum absolute atomic E-state index is 0.0462. The van der Waals surface area contributed by atoms with Crippen LogP contribution < -0.4 is 5.32 Å². The summed E-state index contributed by atoms with van der Waals surface area (Å²) in [7, 11) is 0. The van der Waals surface area contributed by atoms with E-state index in [9.17, 15) is 14.0 Å². The summed E-state index contributed by atoms with van der Waals surface area (Å²) in [5.74, 6) is -1.98. The molecule has 0 aliphatic carbocycles. The highest BCUT2D eigenvalue weighted by Crippen LogP contribution is 2.23. The van der Waals surface area contributed by atoms with Crippen LogP contribution in [0.5, 0.6) is 0 Å². The lowest BCUT2D eigenvalue weighted by molar-refractivity contribution is -0.137. The molecule has 4 nitrogen and oxygen atoms in total. The van der Waals surface area contributed by atoms with Crippen LogP contribution in [0.25, 0.3) is 0 Å². The maximum absolute atomic E-state index is 13.5. The van der Waals surface area contributed by atoms with Crippen LogP contribution in [0.1, 0.15) is 31.4 Å². The number of nitrogens with one attached hydrogen (secondary N) is 1. The number of thioether (sulfide) groups is 1. The van der Waals surface area contributed by atoms with Crippen molar-refractivity contribution in [3.63, 3.8) is 0 Å². The van der Waals surface area contributed by atoms with Crippen molar-refractivity contribution in [2.75, 3.05) is 6.26 Å². The first-order valence-corrected chi connectivity index (χ1v) is 7.99. The van der Waals surface area contributed by atoms with Crippen LogP contribution in [0, 0.1) is 5.82 Å². The van der Waals surface area contributed by atoms with E-state index in [2.05, 4.69) is 5.32 Å². The molecule has 1 aromatic carbocycles. The quantitative estimate of drug-likeness (QED) is 0.803. The van der Waals surface area contributed by atoms with Crippen molar-refractivity contribution < 1.29 is 19.1 Å². The standard InChI is InChI=1S/C14H17ClFNO3S/c1-8(21-2)5-13(18)17-12(7-14(19)20)9-3-4-10(15)11(16)6-9/h3-4,6,8,12H,5,7H2,1-2H3,(H,17,18)(H,19,20). The third kappa shape index (κ3) is 5.93. The third-order valence-corrected chi connectivity index (χ3v) is 4.21. The highest BCUT2D eigenvalue weighted by molar-refractivity contribution is 7.99. The number of carbonyl (C=O) groups is 2. The third-order valence-electron chi connectivity index (χ3n) is 2.94. The molecule has 0 aliphatic rings. The number of halogens is 2. The van der Waals surface area contributed by atoms with Crippen LogP contribution in [0.3, 0.4) is 0 Å². The largest absolute Gasteiger partial charge is 0.481 e. The molecule has 0 radical (unpaired) electrons. The van der Waals surface area contributed by atoms with Crippen molar-refractivity contribution in [2.24, 2.45) is 0 Å². The average molecular weight is 334 g/mol. The Morgan fingerprint density at radius 2 is 2.10 bits per heavy atom. The summed E-state index contributed by atoms with van der Waals surface area (Å²) in [4.78, 5) is 22.8. The van der Waals surface area contributed by atoms with E-state index in [4.69, 9.17) is 16.7 Å². The summed E-state index contributed by atoms with van der Waals surface area (Å²) in [6.07, 6.45) is 1.84. The van der Waals surface area contributed by atoms with Gasteiger partial charge in [-0.25, -0.2) is 4.39 Å². The van der Waals surface area contributed by atoms with Gasteiger partial charge < -0.3 is 10.4 Å². The van der Waals surface area contributed by atoms with E-state index in [0.717, 1.165) is 6.07 Å². The van der Waals surface area contributed by atoms with E-state index >= 15 is 0 Å². The van der Waals surface area contributed by atoms with Crippen molar-refractivity contribution in [3.05, 3.63) is 34.6 Å². The van der Waals surface area contributed by atoms with Gasteiger partial charge >= 0.3 is 5.97 Å². The Balaban J connectivity index is 2.87. The van der Waals surface area contributed by atoms with Crippen molar-refractivity contribution >= 4 is 35.2 Å². The molecule has 0 fully saturated rings. The van der Waals surface area contributed by atoms with Crippen molar-refractivity contribution in [2.45, 2.75) is 31.1 Å². The minimum atomic E-state index is -1.08. The molecule has 1 amide bonds. The first-order chi connectivity index (χ1) is 9.83. The Kier molecular flexibility index (Phi) is 6.98. The molecule has 2 unspecified atom stereocenters. The van der Waals surface area contributed by atoms with Crippen LogP contribution in [-0.2, 0) is 9.59 Å². The van der Waals surface area contributed by atoms with Crippen molar-refractivity contribution in [1.29, 1.82) is 0 Å². The number of aliphatic carboxylic acids is 1. The fourth-order valence-electron chi connectivity index (χ4n) is 1.75. The van der Waals surface area contributed by atoms with Crippen molar-refractivity contribution in [1.82, 2.24) is 5.32 Å². The summed E-state index contributed by atoms with van der Waals surface area (Å²) >= 11 is 7.14. The second kappa shape index (κ2) is 8.24. The molecule has 7 heteroatoms. The smallest absolute Gasteiger partial charge is 0.305 e. The number of rotatable bonds is 7. The van der Waals surface area contributed by atoms with E-state index in [0.29, 0.717) is 5.56 Å². The Morgan fingerprint density at radius 3 is 2.62 bits per heavy atom. The van der Waals surface area contributed by atoms with Gasteiger partial charge in [-0.05, 0) is 24.0 Å². The zero-order valence-electron chi connectivity index (χ0n) is 11.7. The van der Waals surface area contributed by atoms with Crippen LogP contribution in [0.4, 0.5) is 4.39 Å². The molecule has 0 spiro atoms. The summed E-state index contributed by atoms with van der Waals surface area (Å²) < 4.78 is 13.5. The van der Waals surface area contributed by atoms with Gasteiger partial charge in [0.1, 0.15) is 5.82 Å². The second-order valence-electron chi connectivity index (χ2n) is 4.64. The monoisotopic (exact) mass is 333 g/mol. The Morgan fingerprint density at radius 1 is 1.43 bits per heavy atom. The lowest BCUT2D eigenvalue weighted by Gasteiger charge is -2.19. The normalized spacial score (nSPS) is 13.5. The summed E-state index contributed by atoms with van der Waals surface area (Å²) in [6, 6.07) is 3.22. The van der Waals surface area contributed by atoms with Gasteiger partial charge in [0.2, 0.25) is 5.91 Å². The zero-order chi connectivity index (χ0) is 16.0. The first-order valence-electron chi connectivity index (χ1n) is 6.32. The first kappa shape index (κ1) is 17.8. The Labute approximate surface area is 132 Å². The van der Waals surface area contributed by atoms with Gasteiger partial charge in [-0.3, -0.25) is 9.59 Å². The Bertz CT molecular complexity index is 527. The molecule has 116 valence electrons. The molecule has 2 N–H and O–H groups in total. The number of benzene rings is 1. The molecule has 0 saturated carbocycles. The minimum Gasteiger partial charge on any atom is -0.481 e. The van der Waals surface area contributed by atoms with E-state index in [1.54, 1.807) is 0 Å². The van der Waals surface area contributed by atoms with Crippen LogP contribution in [-0.4, -0.2) is 28.5 Å². The van der Waals surface area contributed by atoms with Crippen LogP contribution in [0.2, 0.25) is 5.02 Å². The highest BCUT2D eigenvalue weighted by Gasteiger charge is 2.20. The van der Waals surface area contributed by atoms with Gasteiger partial charge in [-0.1, -0.05) is 24.6 Å². The molecule has 0 aromatic heterocycles. The summed E-state index contributed by atoms with van der Waals surface area (Å²) in [5.41, 5.74) is 0.379. The van der Waals surface area contributed by atoms with Gasteiger partial charge in [-0.15, -0.1) is 0 Å². The topological polar surface area (TPSA) is 66.4 Å². The zero-order valence-corrected chi connectivity index (χ0v) is 13.3. The van der Waals surface area contributed by atoms with Crippen molar-refractivity contribution in [3.8, 4) is 0 Å². The molecule has 2 atom stereocenters.